The van der Waals surface area contributed by atoms with Gasteiger partial charge < -0.3 is 10.5 Å². The summed E-state index contributed by atoms with van der Waals surface area (Å²) in [5, 5.41) is 0. The molecule has 4 heteroatoms. The van der Waals surface area contributed by atoms with E-state index in [1.807, 2.05) is 24.3 Å². The van der Waals surface area contributed by atoms with Crippen LogP contribution in [0.15, 0.2) is 46.9 Å². The van der Waals surface area contributed by atoms with Crippen molar-refractivity contribution in [1.82, 2.24) is 0 Å². The first kappa shape index (κ1) is 15.2. The van der Waals surface area contributed by atoms with Gasteiger partial charge in [0.05, 0.1) is 12.6 Å². The molecule has 0 bridgehead atoms. The van der Waals surface area contributed by atoms with Gasteiger partial charge in [-0.3, -0.25) is 0 Å². The van der Waals surface area contributed by atoms with Crippen molar-refractivity contribution in [2.75, 3.05) is 13.7 Å². The van der Waals surface area contributed by atoms with Crippen LogP contribution in [0.1, 0.15) is 22.7 Å². The minimum atomic E-state index is -0.276. The van der Waals surface area contributed by atoms with Crippen LogP contribution in [0.4, 0.5) is 4.39 Å². The first-order valence-corrected chi connectivity index (χ1v) is 7.19. The molecule has 2 rings (SSSR count). The quantitative estimate of drug-likeness (QED) is 0.899. The predicted molar refractivity (Wildman–Crippen MR) is 82.2 cm³/mol. The van der Waals surface area contributed by atoms with Crippen LogP contribution in [0.25, 0.3) is 0 Å². The summed E-state index contributed by atoms with van der Waals surface area (Å²) in [6.45, 7) is 0.703. The Morgan fingerprint density at radius 3 is 2.50 bits per heavy atom. The summed E-state index contributed by atoms with van der Waals surface area (Å²) in [5.41, 5.74) is 9.32. The molecule has 2 aromatic carbocycles. The van der Waals surface area contributed by atoms with Gasteiger partial charge in [0.25, 0.3) is 0 Å². The Hall–Kier alpha value is -1.23. The molecule has 2 nitrogen and oxygen atoms in total. The Bertz CT molecular complexity index is 571. The van der Waals surface area contributed by atoms with E-state index in [1.165, 1.54) is 17.7 Å². The van der Waals surface area contributed by atoms with Crippen molar-refractivity contribution in [1.29, 1.82) is 0 Å². The molecule has 1 atom stereocenters. The fraction of sp³-hybridized carbons (Fsp3) is 0.250. The van der Waals surface area contributed by atoms with Gasteiger partial charge in [0.15, 0.2) is 0 Å². The SMILES string of the molecule is COCCc1ccc(C(N)c2ccc(F)cc2Br)cc1. The monoisotopic (exact) mass is 337 g/mol. The molecule has 0 amide bonds. The molecule has 20 heavy (non-hydrogen) atoms. The second kappa shape index (κ2) is 6.97. The first-order valence-electron chi connectivity index (χ1n) is 6.40. The summed E-state index contributed by atoms with van der Waals surface area (Å²) in [5.74, 6) is -0.275. The van der Waals surface area contributed by atoms with Gasteiger partial charge in [0.2, 0.25) is 0 Å². The maximum atomic E-state index is 13.1. The lowest BCUT2D eigenvalue weighted by molar-refractivity contribution is 0.202. The van der Waals surface area contributed by atoms with Crippen molar-refractivity contribution in [2.45, 2.75) is 12.5 Å². The van der Waals surface area contributed by atoms with Crippen LogP contribution < -0.4 is 5.73 Å². The Morgan fingerprint density at radius 1 is 1.20 bits per heavy atom. The van der Waals surface area contributed by atoms with Crippen molar-refractivity contribution in [2.24, 2.45) is 5.73 Å². The van der Waals surface area contributed by atoms with E-state index in [4.69, 9.17) is 10.5 Å². The van der Waals surface area contributed by atoms with Crippen molar-refractivity contribution >= 4 is 15.9 Å². The highest BCUT2D eigenvalue weighted by atomic mass is 79.9. The van der Waals surface area contributed by atoms with Crippen LogP contribution >= 0.6 is 15.9 Å². The standard InChI is InChI=1S/C16H17BrFNO/c1-20-9-8-11-2-4-12(5-3-11)16(19)14-7-6-13(18)10-15(14)17/h2-7,10,16H,8-9,19H2,1H3. The third-order valence-corrected chi connectivity index (χ3v) is 3.92. The van der Waals surface area contributed by atoms with Gasteiger partial charge in [-0.05, 0) is 35.2 Å². The summed E-state index contributed by atoms with van der Waals surface area (Å²) in [6.07, 6.45) is 0.881. The van der Waals surface area contributed by atoms with Gasteiger partial charge in [0, 0.05) is 11.6 Å². The molecule has 0 aliphatic heterocycles. The lowest BCUT2D eigenvalue weighted by Crippen LogP contribution is -2.12. The maximum absolute atomic E-state index is 13.1. The van der Waals surface area contributed by atoms with Crippen molar-refractivity contribution in [3.05, 3.63) is 69.4 Å². The third-order valence-electron chi connectivity index (χ3n) is 3.23. The molecular weight excluding hydrogens is 321 g/mol. The summed E-state index contributed by atoms with van der Waals surface area (Å²) < 4.78 is 18.8. The van der Waals surface area contributed by atoms with E-state index in [-0.39, 0.29) is 11.9 Å². The molecule has 0 saturated heterocycles. The van der Waals surface area contributed by atoms with Gasteiger partial charge in [-0.1, -0.05) is 46.3 Å². The summed E-state index contributed by atoms with van der Waals surface area (Å²) in [6, 6.07) is 12.4. The molecule has 0 heterocycles. The van der Waals surface area contributed by atoms with Crippen LogP contribution in [0.5, 0.6) is 0 Å². The zero-order chi connectivity index (χ0) is 14.5. The highest BCUT2D eigenvalue weighted by molar-refractivity contribution is 9.10. The summed E-state index contributed by atoms with van der Waals surface area (Å²) in [4.78, 5) is 0. The topological polar surface area (TPSA) is 35.2 Å². The molecule has 0 radical (unpaired) electrons. The number of hydrogen-bond donors (Lipinski definition) is 1. The molecule has 0 fully saturated rings. The minimum absolute atomic E-state index is 0.275. The smallest absolute Gasteiger partial charge is 0.124 e. The van der Waals surface area contributed by atoms with Crippen molar-refractivity contribution in [3.8, 4) is 0 Å². The molecule has 0 saturated carbocycles. The normalized spacial score (nSPS) is 12.4. The van der Waals surface area contributed by atoms with Crippen LogP contribution in [-0.4, -0.2) is 13.7 Å². The molecule has 1 unspecified atom stereocenters. The highest BCUT2D eigenvalue weighted by Crippen LogP contribution is 2.27. The summed E-state index contributed by atoms with van der Waals surface area (Å²) in [7, 11) is 1.69. The molecule has 0 aliphatic carbocycles. The molecule has 106 valence electrons. The second-order valence-corrected chi connectivity index (χ2v) is 5.48. The zero-order valence-electron chi connectivity index (χ0n) is 11.3. The minimum Gasteiger partial charge on any atom is -0.384 e. The molecule has 2 aromatic rings. The first-order chi connectivity index (χ1) is 9.61. The van der Waals surface area contributed by atoms with E-state index in [0.717, 1.165) is 17.5 Å². The van der Waals surface area contributed by atoms with E-state index < -0.39 is 0 Å². The Kier molecular flexibility index (Phi) is 5.29. The molecular formula is C16H17BrFNO. The molecule has 0 spiro atoms. The number of ether oxygens (including phenoxy) is 1. The fourth-order valence-electron chi connectivity index (χ4n) is 2.04. The predicted octanol–water partition coefficient (Wildman–Crippen LogP) is 3.83. The second-order valence-electron chi connectivity index (χ2n) is 4.63. The van der Waals surface area contributed by atoms with Gasteiger partial charge in [-0.25, -0.2) is 4.39 Å². The van der Waals surface area contributed by atoms with Gasteiger partial charge in [0.1, 0.15) is 5.82 Å². The largest absolute Gasteiger partial charge is 0.384 e. The fourth-order valence-corrected chi connectivity index (χ4v) is 2.64. The van der Waals surface area contributed by atoms with E-state index in [2.05, 4.69) is 15.9 Å². The number of halogens is 2. The van der Waals surface area contributed by atoms with Crippen molar-refractivity contribution in [3.63, 3.8) is 0 Å². The molecule has 0 aromatic heterocycles. The summed E-state index contributed by atoms with van der Waals surface area (Å²) >= 11 is 3.36. The Balaban J connectivity index is 2.18. The number of hydrogen-bond acceptors (Lipinski definition) is 2. The van der Waals surface area contributed by atoms with Gasteiger partial charge >= 0.3 is 0 Å². The van der Waals surface area contributed by atoms with E-state index in [1.54, 1.807) is 13.2 Å². The average Bonchev–Trinajstić information content (AvgIpc) is 2.45. The lowest BCUT2D eigenvalue weighted by atomic mass is 9.98. The maximum Gasteiger partial charge on any atom is 0.124 e. The zero-order valence-corrected chi connectivity index (χ0v) is 12.9. The van der Waals surface area contributed by atoms with E-state index >= 15 is 0 Å². The number of nitrogens with two attached hydrogens (primary N) is 1. The van der Waals surface area contributed by atoms with Crippen LogP contribution in [0, 0.1) is 5.82 Å². The third kappa shape index (κ3) is 3.66. The van der Waals surface area contributed by atoms with Crippen LogP contribution in [0.3, 0.4) is 0 Å². The van der Waals surface area contributed by atoms with E-state index in [0.29, 0.717) is 11.1 Å². The Morgan fingerprint density at radius 2 is 1.90 bits per heavy atom. The number of rotatable bonds is 5. The van der Waals surface area contributed by atoms with Crippen LogP contribution in [-0.2, 0) is 11.2 Å². The molecule has 2 N–H and O–H groups in total. The molecule has 0 aliphatic rings. The van der Waals surface area contributed by atoms with Crippen molar-refractivity contribution < 1.29 is 9.13 Å². The van der Waals surface area contributed by atoms with Gasteiger partial charge in [-0.15, -0.1) is 0 Å². The number of benzene rings is 2. The number of methoxy groups -OCH3 is 1. The average molecular weight is 338 g/mol. The lowest BCUT2D eigenvalue weighted by Gasteiger charge is -2.15. The Labute approximate surface area is 126 Å². The van der Waals surface area contributed by atoms with Gasteiger partial charge in [-0.2, -0.15) is 0 Å². The highest BCUT2D eigenvalue weighted by Gasteiger charge is 2.12. The van der Waals surface area contributed by atoms with E-state index in [9.17, 15) is 4.39 Å². The van der Waals surface area contributed by atoms with Crippen LogP contribution in [0.2, 0.25) is 0 Å².